The molecule has 2 heterocycles. The van der Waals surface area contributed by atoms with Crippen LogP contribution in [0.15, 0.2) is 22.7 Å². The van der Waals surface area contributed by atoms with Gasteiger partial charge in [0, 0.05) is 31.7 Å². The predicted octanol–water partition coefficient (Wildman–Crippen LogP) is 0.986. The highest BCUT2D eigenvalue weighted by Gasteiger charge is 2.15. The lowest BCUT2D eigenvalue weighted by Gasteiger charge is -2.25. The number of phenolic OH excluding ortho intramolecular Hbond substituents is 1. The highest BCUT2D eigenvalue weighted by molar-refractivity contribution is 5.55. The van der Waals surface area contributed by atoms with Crippen LogP contribution in [0.1, 0.15) is 5.89 Å². The topological polar surface area (TPSA) is 74.4 Å². The van der Waals surface area contributed by atoms with Gasteiger partial charge >= 0.3 is 0 Å². The third-order valence-corrected chi connectivity index (χ3v) is 3.24. The van der Waals surface area contributed by atoms with Gasteiger partial charge in [-0.2, -0.15) is 4.98 Å². The van der Waals surface area contributed by atoms with Crippen molar-refractivity contribution in [2.75, 3.05) is 26.2 Å². The fourth-order valence-corrected chi connectivity index (χ4v) is 2.14. The predicted molar refractivity (Wildman–Crippen MR) is 69.5 cm³/mol. The van der Waals surface area contributed by atoms with E-state index in [0.29, 0.717) is 23.8 Å². The second-order valence-electron chi connectivity index (χ2n) is 4.70. The van der Waals surface area contributed by atoms with Crippen LogP contribution in [0.5, 0.6) is 5.75 Å². The Hall–Kier alpha value is -1.99. The van der Waals surface area contributed by atoms with Gasteiger partial charge in [-0.1, -0.05) is 5.16 Å². The van der Waals surface area contributed by atoms with Gasteiger partial charge in [-0.25, -0.2) is 4.39 Å². The maximum atomic E-state index is 13.3. The number of nitrogens with one attached hydrogen (secondary N) is 1. The van der Waals surface area contributed by atoms with Crippen molar-refractivity contribution in [3.63, 3.8) is 0 Å². The number of nitrogens with zero attached hydrogens (tertiary/aromatic N) is 3. The molecule has 3 rings (SSSR count). The average molecular weight is 278 g/mol. The molecule has 1 aliphatic heterocycles. The first kappa shape index (κ1) is 13.0. The zero-order valence-electron chi connectivity index (χ0n) is 10.8. The van der Waals surface area contributed by atoms with E-state index in [4.69, 9.17) is 9.63 Å². The third kappa shape index (κ3) is 2.78. The smallest absolute Gasteiger partial charge is 0.241 e. The minimum atomic E-state index is -0.698. The first-order valence-corrected chi connectivity index (χ1v) is 6.47. The molecule has 6 nitrogen and oxygen atoms in total. The summed E-state index contributed by atoms with van der Waals surface area (Å²) in [5.74, 6) is -0.251. The molecule has 1 aromatic heterocycles. The summed E-state index contributed by atoms with van der Waals surface area (Å²) >= 11 is 0. The lowest BCUT2D eigenvalue weighted by molar-refractivity contribution is 0.203. The molecule has 20 heavy (non-hydrogen) atoms. The summed E-state index contributed by atoms with van der Waals surface area (Å²) < 4.78 is 18.5. The zero-order chi connectivity index (χ0) is 13.9. The second kappa shape index (κ2) is 5.56. The van der Waals surface area contributed by atoms with E-state index in [1.807, 2.05) is 0 Å². The van der Waals surface area contributed by atoms with E-state index in [0.717, 1.165) is 26.2 Å². The molecule has 0 bridgehead atoms. The van der Waals surface area contributed by atoms with Crippen molar-refractivity contribution < 1.29 is 14.0 Å². The molecule has 2 N–H and O–H groups in total. The van der Waals surface area contributed by atoms with Crippen LogP contribution < -0.4 is 5.32 Å². The van der Waals surface area contributed by atoms with E-state index in [1.54, 1.807) is 6.07 Å². The van der Waals surface area contributed by atoms with E-state index in [1.165, 1.54) is 12.1 Å². The number of halogens is 1. The maximum absolute atomic E-state index is 13.3. The molecule has 1 aliphatic rings. The summed E-state index contributed by atoms with van der Waals surface area (Å²) in [5.41, 5.74) is 0.482. The largest absolute Gasteiger partial charge is 0.505 e. The van der Waals surface area contributed by atoms with Gasteiger partial charge in [0.25, 0.3) is 0 Å². The van der Waals surface area contributed by atoms with Crippen molar-refractivity contribution in [1.82, 2.24) is 20.4 Å². The summed E-state index contributed by atoms with van der Waals surface area (Å²) in [6, 6.07) is 4.02. The number of phenols is 1. The Bertz CT molecular complexity index is 596. The van der Waals surface area contributed by atoms with Crippen LogP contribution in [0.25, 0.3) is 11.4 Å². The lowest BCUT2D eigenvalue weighted by Crippen LogP contribution is -2.42. The Labute approximate surface area is 115 Å². The van der Waals surface area contributed by atoms with Crippen LogP contribution in [0.3, 0.4) is 0 Å². The molecule has 106 valence electrons. The van der Waals surface area contributed by atoms with Crippen molar-refractivity contribution in [3.05, 3.63) is 29.9 Å². The number of rotatable bonds is 3. The van der Waals surface area contributed by atoms with Gasteiger partial charge in [0.15, 0.2) is 11.6 Å². The van der Waals surface area contributed by atoms with Gasteiger partial charge in [-0.3, -0.25) is 4.90 Å². The maximum Gasteiger partial charge on any atom is 0.241 e. The number of hydrogen-bond acceptors (Lipinski definition) is 6. The van der Waals surface area contributed by atoms with Gasteiger partial charge in [0.05, 0.1) is 6.54 Å². The number of aromatic hydroxyl groups is 1. The molecule has 0 atom stereocenters. The number of hydrogen-bond donors (Lipinski definition) is 2. The molecule has 7 heteroatoms. The van der Waals surface area contributed by atoms with Crippen molar-refractivity contribution >= 4 is 0 Å². The quantitative estimate of drug-likeness (QED) is 0.872. The van der Waals surface area contributed by atoms with E-state index in [9.17, 15) is 4.39 Å². The Balaban J connectivity index is 1.73. The Morgan fingerprint density at radius 3 is 2.90 bits per heavy atom. The number of piperazine rings is 1. The molecule has 0 radical (unpaired) electrons. The van der Waals surface area contributed by atoms with Crippen molar-refractivity contribution in [2.24, 2.45) is 0 Å². The van der Waals surface area contributed by atoms with Gasteiger partial charge in [0.2, 0.25) is 11.7 Å². The van der Waals surface area contributed by atoms with E-state index < -0.39 is 11.6 Å². The molecule has 1 fully saturated rings. The van der Waals surface area contributed by atoms with Crippen molar-refractivity contribution in [3.8, 4) is 17.1 Å². The van der Waals surface area contributed by atoms with E-state index >= 15 is 0 Å². The first-order chi connectivity index (χ1) is 9.72. The molecule has 0 saturated carbocycles. The zero-order valence-corrected chi connectivity index (χ0v) is 10.8. The Morgan fingerprint density at radius 1 is 1.35 bits per heavy atom. The van der Waals surface area contributed by atoms with Crippen molar-refractivity contribution in [1.29, 1.82) is 0 Å². The molecule has 1 saturated heterocycles. The Kier molecular flexibility index (Phi) is 3.62. The van der Waals surface area contributed by atoms with Crippen LogP contribution in [-0.2, 0) is 6.54 Å². The van der Waals surface area contributed by atoms with Gasteiger partial charge in [-0.15, -0.1) is 0 Å². The number of benzene rings is 1. The first-order valence-electron chi connectivity index (χ1n) is 6.47. The van der Waals surface area contributed by atoms with Crippen LogP contribution in [0.2, 0.25) is 0 Å². The summed E-state index contributed by atoms with van der Waals surface area (Å²) in [7, 11) is 0. The lowest BCUT2D eigenvalue weighted by atomic mass is 10.2. The monoisotopic (exact) mass is 278 g/mol. The molecule has 0 unspecified atom stereocenters. The minimum absolute atomic E-state index is 0.328. The van der Waals surface area contributed by atoms with Gasteiger partial charge in [0.1, 0.15) is 0 Å². The third-order valence-electron chi connectivity index (χ3n) is 3.24. The van der Waals surface area contributed by atoms with Crippen LogP contribution in [-0.4, -0.2) is 46.3 Å². The molecular weight excluding hydrogens is 263 g/mol. The molecular formula is C13H15FN4O2. The van der Waals surface area contributed by atoms with Crippen LogP contribution in [0.4, 0.5) is 4.39 Å². The second-order valence-corrected chi connectivity index (χ2v) is 4.70. The van der Waals surface area contributed by atoms with E-state index in [-0.39, 0.29) is 0 Å². The van der Waals surface area contributed by atoms with Crippen molar-refractivity contribution in [2.45, 2.75) is 6.54 Å². The fraction of sp³-hybridized carbons (Fsp3) is 0.385. The highest BCUT2D eigenvalue weighted by atomic mass is 19.1. The number of aromatic nitrogens is 2. The summed E-state index contributed by atoms with van der Waals surface area (Å²) in [5, 5.41) is 16.3. The fourth-order valence-electron chi connectivity index (χ4n) is 2.14. The SMILES string of the molecule is Oc1ccc(-c2noc(CN3CCNCC3)n2)cc1F. The van der Waals surface area contributed by atoms with Crippen LogP contribution >= 0.6 is 0 Å². The molecule has 0 spiro atoms. The average Bonchev–Trinajstić information content (AvgIpc) is 2.91. The summed E-state index contributed by atoms with van der Waals surface area (Å²) in [6.07, 6.45) is 0. The Morgan fingerprint density at radius 2 is 2.15 bits per heavy atom. The minimum Gasteiger partial charge on any atom is -0.505 e. The molecule has 0 aliphatic carbocycles. The molecule has 2 aromatic rings. The molecule has 1 aromatic carbocycles. The molecule has 0 amide bonds. The van der Waals surface area contributed by atoms with Crippen LogP contribution in [0, 0.1) is 5.82 Å². The van der Waals surface area contributed by atoms with E-state index in [2.05, 4.69) is 20.4 Å². The summed E-state index contributed by atoms with van der Waals surface area (Å²) in [6.45, 7) is 4.36. The summed E-state index contributed by atoms with van der Waals surface area (Å²) in [4.78, 5) is 6.47. The van der Waals surface area contributed by atoms with Gasteiger partial charge < -0.3 is 14.9 Å². The normalized spacial score (nSPS) is 16.4. The highest BCUT2D eigenvalue weighted by Crippen LogP contribution is 2.22. The van der Waals surface area contributed by atoms with Gasteiger partial charge in [-0.05, 0) is 18.2 Å². The standard InChI is InChI=1S/C13H15FN4O2/c14-10-7-9(1-2-11(10)19)13-16-12(20-17-13)8-18-5-3-15-4-6-18/h1-2,7,15,19H,3-6,8H2.